The van der Waals surface area contributed by atoms with Crippen molar-refractivity contribution in [2.45, 2.75) is 44.6 Å². The fourth-order valence-electron chi connectivity index (χ4n) is 3.89. The molecule has 27 heavy (non-hydrogen) atoms. The summed E-state index contributed by atoms with van der Waals surface area (Å²) in [6.45, 7) is 1.37. The van der Waals surface area contributed by atoms with Gasteiger partial charge in [0.15, 0.2) is 5.82 Å². The third-order valence-electron chi connectivity index (χ3n) is 5.22. The standard InChI is InChI=1S/C19H20N4O4/c1-12-20-18(22-27-12)19(9-5-2-6-10-19)21-15(24)11-23-16(25)13-7-3-4-8-14(13)17(23)26/h3-4,7-8H,2,5-6,9-11H2,1H3,(H,21,24). The molecule has 1 fully saturated rings. The zero-order valence-electron chi connectivity index (χ0n) is 15.0. The van der Waals surface area contributed by atoms with E-state index >= 15 is 0 Å². The second-order valence-electron chi connectivity index (χ2n) is 7.07. The summed E-state index contributed by atoms with van der Waals surface area (Å²) >= 11 is 0. The highest BCUT2D eigenvalue weighted by Crippen LogP contribution is 2.35. The summed E-state index contributed by atoms with van der Waals surface area (Å²) in [5.41, 5.74) is -0.0564. The van der Waals surface area contributed by atoms with E-state index in [0.717, 1.165) is 24.2 Å². The summed E-state index contributed by atoms with van der Waals surface area (Å²) in [5, 5.41) is 7.00. The molecular formula is C19H20N4O4. The Labute approximate surface area is 155 Å². The molecule has 1 aliphatic carbocycles. The van der Waals surface area contributed by atoms with Gasteiger partial charge in [0.05, 0.1) is 11.1 Å². The molecule has 1 saturated carbocycles. The maximum Gasteiger partial charge on any atom is 0.262 e. The molecular weight excluding hydrogens is 348 g/mol. The van der Waals surface area contributed by atoms with Crippen LogP contribution >= 0.6 is 0 Å². The lowest BCUT2D eigenvalue weighted by Crippen LogP contribution is -2.51. The Morgan fingerprint density at radius 1 is 1.15 bits per heavy atom. The van der Waals surface area contributed by atoms with Gasteiger partial charge in [-0.15, -0.1) is 0 Å². The molecule has 3 amide bonds. The number of hydrogen-bond donors (Lipinski definition) is 1. The number of rotatable bonds is 4. The zero-order valence-corrected chi connectivity index (χ0v) is 15.0. The van der Waals surface area contributed by atoms with Crippen molar-refractivity contribution < 1.29 is 18.9 Å². The zero-order chi connectivity index (χ0) is 19.0. The van der Waals surface area contributed by atoms with Gasteiger partial charge in [-0.1, -0.05) is 36.6 Å². The van der Waals surface area contributed by atoms with Crippen molar-refractivity contribution in [2.24, 2.45) is 0 Å². The summed E-state index contributed by atoms with van der Waals surface area (Å²) in [6, 6.07) is 6.59. The maximum atomic E-state index is 12.8. The van der Waals surface area contributed by atoms with Crippen LogP contribution in [-0.4, -0.2) is 39.3 Å². The summed E-state index contributed by atoms with van der Waals surface area (Å²) in [5.74, 6) is -0.411. The van der Waals surface area contributed by atoms with Gasteiger partial charge in [-0.25, -0.2) is 0 Å². The van der Waals surface area contributed by atoms with E-state index < -0.39 is 23.3 Å². The Balaban J connectivity index is 1.53. The molecule has 2 heterocycles. The van der Waals surface area contributed by atoms with Gasteiger partial charge in [-0.3, -0.25) is 19.3 Å². The van der Waals surface area contributed by atoms with E-state index in [9.17, 15) is 14.4 Å². The highest BCUT2D eigenvalue weighted by molar-refractivity contribution is 6.22. The van der Waals surface area contributed by atoms with Gasteiger partial charge in [0.1, 0.15) is 12.1 Å². The number of carbonyl (C=O) groups is 3. The molecule has 2 aliphatic rings. The maximum absolute atomic E-state index is 12.8. The predicted octanol–water partition coefficient (Wildman–Crippen LogP) is 1.95. The van der Waals surface area contributed by atoms with Crippen molar-refractivity contribution in [1.29, 1.82) is 0 Å². The van der Waals surface area contributed by atoms with Gasteiger partial charge >= 0.3 is 0 Å². The Kier molecular flexibility index (Phi) is 4.25. The molecule has 0 bridgehead atoms. The third-order valence-corrected chi connectivity index (χ3v) is 5.22. The quantitative estimate of drug-likeness (QED) is 0.827. The summed E-state index contributed by atoms with van der Waals surface area (Å²) in [4.78, 5) is 43.0. The molecule has 0 saturated heterocycles. The molecule has 0 unspecified atom stereocenters. The summed E-state index contributed by atoms with van der Waals surface area (Å²) in [7, 11) is 0. The Hall–Kier alpha value is -3.03. The fourth-order valence-corrected chi connectivity index (χ4v) is 3.89. The SMILES string of the molecule is Cc1nc(C2(NC(=O)CN3C(=O)c4ccccc4C3=O)CCCCC2)no1. The van der Waals surface area contributed by atoms with E-state index in [1.54, 1.807) is 31.2 Å². The van der Waals surface area contributed by atoms with Crippen LogP contribution in [0.3, 0.4) is 0 Å². The van der Waals surface area contributed by atoms with Crippen LogP contribution in [-0.2, 0) is 10.3 Å². The lowest BCUT2D eigenvalue weighted by molar-refractivity contribution is -0.124. The van der Waals surface area contributed by atoms with E-state index in [0.29, 0.717) is 35.7 Å². The first-order valence-corrected chi connectivity index (χ1v) is 9.07. The monoisotopic (exact) mass is 368 g/mol. The molecule has 4 rings (SSSR count). The van der Waals surface area contributed by atoms with Gasteiger partial charge in [-0.05, 0) is 25.0 Å². The molecule has 1 aromatic carbocycles. The molecule has 1 N–H and O–H groups in total. The molecule has 8 nitrogen and oxygen atoms in total. The van der Waals surface area contributed by atoms with Crippen molar-refractivity contribution in [1.82, 2.24) is 20.4 Å². The molecule has 0 radical (unpaired) electrons. The largest absolute Gasteiger partial charge is 0.342 e. The van der Waals surface area contributed by atoms with E-state index in [1.807, 2.05) is 0 Å². The topological polar surface area (TPSA) is 105 Å². The number of benzene rings is 1. The number of carbonyl (C=O) groups excluding carboxylic acids is 3. The minimum absolute atomic E-state index is 0.328. The molecule has 0 atom stereocenters. The molecule has 1 aliphatic heterocycles. The highest BCUT2D eigenvalue weighted by atomic mass is 16.5. The lowest BCUT2D eigenvalue weighted by Gasteiger charge is -2.35. The van der Waals surface area contributed by atoms with Crippen molar-refractivity contribution in [3.63, 3.8) is 0 Å². The van der Waals surface area contributed by atoms with Crippen LogP contribution in [0.25, 0.3) is 0 Å². The average Bonchev–Trinajstić information content (AvgIpc) is 3.21. The van der Waals surface area contributed by atoms with E-state index in [2.05, 4.69) is 15.5 Å². The van der Waals surface area contributed by atoms with E-state index in [4.69, 9.17) is 4.52 Å². The first-order chi connectivity index (χ1) is 13.0. The third kappa shape index (κ3) is 3.01. The molecule has 1 aromatic heterocycles. The van der Waals surface area contributed by atoms with E-state index in [-0.39, 0.29) is 6.54 Å². The second-order valence-corrected chi connectivity index (χ2v) is 7.07. The molecule has 140 valence electrons. The van der Waals surface area contributed by atoms with Crippen LogP contribution in [0.15, 0.2) is 28.8 Å². The van der Waals surface area contributed by atoms with Crippen LogP contribution in [0.5, 0.6) is 0 Å². The smallest absolute Gasteiger partial charge is 0.262 e. The number of amides is 3. The summed E-state index contributed by atoms with van der Waals surface area (Å²) in [6.07, 6.45) is 4.33. The Morgan fingerprint density at radius 2 is 1.78 bits per heavy atom. The van der Waals surface area contributed by atoms with Gasteiger partial charge in [0, 0.05) is 6.92 Å². The molecule has 8 heteroatoms. The van der Waals surface area contributed by atoms with Crippen molar-refractivity contribution >= 4 is 17.7 Å². The fraction of sp³-hybridized carbons (Fsp3) is 0.421. The number of aryl methyl sites for hydroxylation is 1. The van der Waals surface area contributed by atoms with Crippen molar-refractivity contribution in [3.05, 3.63) is 47.1 Å². The van der Waals surface area contributed by atoms with Crippen LogP contribution in [0.2, 0.25) is 0 Å². The minimum atomic E-state index is -0.717. The lowest BCUT2D eigenvalue weighted by atomic mass is 9.81. The second kappa shape index (κ2) is 6.61. The Morgan fingerprint density at radius 3 is 2.33 bits per heavy atom. The van der Waals surface area contributed by atoms with Crippen LogP contribution in [0.1, 0.15) is 64.5 Å². The van der Waals surface area contributed by atoms with Crippen molar-refractivity contribution in [2.75, 3.05) is 6.54 Å². The van der Waals surface area contributed by atoms with Crippen molar-refractivity contribution in [3.8, 4) is 0 Å². The number of hydrogen-bond acceptors (Lipinski definition) is 6. The minimum Gasteiger partial charge on any atom is -0.342 e. The first-order valence-electron chi connectivity index (χ1n) is 9.07. The Bertz CT molecular complexity index is 879. The van der Waals surface area contributed by atoms with Gasteiger partial charge in [-0.2, -0.15) is 4.98 Å². The van der Waals surface area contributed by atoms with Crippen LogP contribution < -0.4 is 5.32 Å². The first kappa shape index (κ1) is 17.4. The van der Waals surface area contributed by atoms with Crippen LogP contribution in [0.4, 0.5) is 0 Å². The van der Waals surface area contributed by atoms with Gasteiger partial charge < -0.3 is 9.84 Å². The number of nitrogens with zero attached hydrogens (tertiary/aromatic N) is 3. The van der Waals surface area contributed by atoms with Crippen LogP contribution in [0, 0.1) is 6.92 Å². The number of aromatic nitrogens is 2. The van der Waals surface area contributed by atoms with E-state index in [1.165, 1.54) is 0 Å². The van der Waals surface area contributed by atoms with Gasteiger partial charge in [0.2, 0.25) is 11.8 Å². The number of nitrogens with one attached hydrogen (secondary N) is 1. The number of imide groups is 1. The molecule has 2 aromatic rings. The average molecular weight is 368 g/mol. The summed E-state index contributed by atoms with van der Waals surface area (Å²) < 4.78 is 5.10. The highest BCUT2D eigenvalue weighted by Gasteiger charge is 2.42. The number of fused-ring (bicyclic) bond motifs is 1. The normalized spacial score (nSPS) is 18.5. The van der Waals surface area contributed by atoms with Gasteiger partial charge in [0.25, 0.3) is 11.8 Å². The predicted molar refractivity (Wildman–Crippen MR) is 93.7 cm³/mol. The molecule has 0 spiro atoms.